The quantitative estimate of drug-likeness (QED) is 0.286. The summed E-state index contributed by atoms with van der Waals surface area (Å²) in [5.41, 5.74) is 7.12. The van der Waals surface area contributed by atoms with Crippen molar-refractivity contribution >= 4 is 34.0 Å². The summed E-state index contributed by atoms with van der Waals surface area (Å²) >= 11 is 0. The summed E-state index contributed by atoms with van der Waals surface area (Å²) in [4.78, 5) is 37.6. The van der Waals surface area contributed by atoms with E-state index in [4.69, 9.17) is 0 Å². The summed E-state index contributed by atoms with van der Waals surface area (Å²) in [6.07, 6.45) is 1.36. The Labute approximate surface area is 142 Å². The Morgan fingerprint density at radius 3 is 2.52 bits per heavy atom. The Kier molecular flexibility index (Phi) is 4.17. The average molecular weight is 338 g/mol. The van der Waals surface area contributed by atoms with Crippen LogP contribution in [0.3, 0.4) is 0 Å². The Bertz CT molecular complexity index is 976. The molecule has 3 rings (SSSR count). The molecule has 2 aromatic carbocycles. The molecule has 0 radical (unpaired) electrons. The van der Waals surface area contributed by atoms with E-state index < -0.39 is 16.6 Å². The van der Waals surface area contributed by atoms with E-state index in [2.05, 4.69) is 15.8 Å². The van der Waals surface area contributed by atoms with Crippen LogP contribution in [0.15, 0.2) is 48.7 Å². The van der Waals surface area contributed by atoms with Crippen LogP contribution in [0.5, 0.6) is 0 Å². The highest BCUT2D eigenvalue weighted by atomic mass is 16.6. The van der Waals surface area contributed by atoms with Gasteiger partial charge in [-0.15, -0.1) is 0 Å². The number of amides is 1. The monoisotopic (exact) mass is 338 g/mol. The smallest absolute Gasteiger partial charge is 0.310 e. The van der Waals surface area contributed by atoms with Crippen LogP contribution in [0.1, 0.15) is 15.9 Å². The first-order valence-corrected chi connectivity index (χ1v) is 7.38. The lowest BCUT2D eigenvalue weighted by Gasteiger charge is -2.07. The van der Waals surface area contributed by atoms with Crippen LogP contribution in [0.25, 0.3) is 10.9 Å². The van der Waals surface area contributed by atoms with Crippen molar-refractivity contribution in [1.82, 2.24) is 10.4 Å². The number of nitrogens with one attached hydrogen (secondary N) is 3. The van der Waals surface area contributed by atoms with Gasteiger partial charge in [0.15, 0.2) is 0 Å². The van der Waals surface area contributed by atoms with Gasteiger partial charge in [0.05, 0.1) is 16.2 Å². The third-order valence-corrected chi connectivity index (χ3v) is 3.70. The second kappa shape index (κ2) is 6.44. The number of hydrazine groups is 1. The number of ketones is 1. The molecule has 8 heteroatoms. The van der Waals surface area contributed by atoms with Gasteiger partial charge < -0.3 is 4.98 Å². The van der Waals surface area contributed by atoms with E-state index in [1.54, 1.807) is 12.1 Å². The van der Waals surface area contributed by atoms with Gasteiger partial charge in [-0.05, 0) is 25.1 Å². The normalized spacial score (nSPS) is 10.4. The molecular formula is C17H14N4O4. The minimum absolute atomic E-state index is 0.0712. The van der Waals surface area contributed by atoms with E-state index in [1.807, 2.05) is 19.1 Å². The molecule has 25 heavy (non-hydrogen) atoms. The number of nitro groups is 1. The lowest BCUT2D eigenvalue weighted by molar-refractivity contribution is -0.384. The summed E-state index contributed by atoms with van der Waals surface area (Å²) in [5.74, 6) is -1.67. The molecule has 0 aliphatic rings. The highest BCUT2D eigenvalue weighted by molar-refractivity contribution is 6.45. The zero-order valence-electron chi connectivity index (χ0n) is 13.2. The number of nitrogens with zero attached hydrogens (tertiary/aromatic N) is 1. The molecule has 0 aliphatic heterocycles. The summed E-state index contributed by atoms with van der Waals surface area (Å²) in [6.45, 7) is 1.93. The highest BCUT2D eigenvalue weighted by Gasteiger charge is 2.21. The van der Waals surface area contributed by atoms with Crippen molar-refractivity contribution in [3.63, 3.8) is 0 Å². The molecule has 0 bridgehead atoms. The third-order valence-electron chi connectivity index (χ3n) is 3.70. The molecule has 1 amide bonds. The van der Waals surface area contributed by atoms with Crippen LogP contribution in [0.4, 0.5) is 11.4 Å². The number of hydrogen-bond acceptors (Lipinski definition) is 5. The highest BCUT2D eigenvalue weighted by Crippen LogP contribution is 2.24. The number of hydrogen-bond donors (Lipinski definition) is 3. The predicted octanol–water partition coefficient (Wildman–Crippen LogP) is 2.71. The lowest BCUT2D eigenvalue weighted by Crippen LogP contribution is -2.35. The average Bonchev–Trinajstić information content (AvgIpc) is 3.03. The molecule has 0 aliphatic carbocycles. The number of carbonyl (C=O) groups excluding carboxylic acids is 2. The van der Waals surface area contributed by atoms with Crippen LogP contribution in [-0.4, -0.2) is 21.6 Å². The third kappa shape index (κ3) is 3.32. The number of benzene rings is 2. The number of fused-ring (bicyclic) bond motifs is 1. The maximum Gasteiger partial charge on any atom is 0.310 e. The first-order chi connectivity index (χ1) is 12.0. The molecule has 0 spiro atoms. The van der Waals surface area contributed by atoms with E-state index in [1.165, 1.54) is 24.4 Å². The van der Waals surface area contributed by atoms with Crippen LogP contribution in [0.2, 0.25) is 0 Å². The lowest BCUT2D eigenvalue weighted by atomic mass is 10.1. The summed E-state index contributed by atoms with van der Waals surface area (Å²) in [5, 5.41) is 11.2. The molecule has 0 atom stereocenters. The first kappa shape index (κ1) is 16.2. The number of H-pyrrole nitrogens is 1. The molecule has 3 N–H and O–H groups in total. The maximum absolute atomic E-state index is 12.3. The van der Waals surface area contributed by atoms with E-state index in [-0.39, 0.29) is 11.3 Å². The van der Waals surface area contributed by atoms with Gasteiger partial charge in [0, 0.05) is 29.2 Å². The number of Topliss-reactive ketones (excluding diaryl/α,β-unsaturated/α-hetero) is 1. The second-order valence-corrected chi connectivity index (χ2v) is 5.46. The number of anilines is 1. The van der Waals surface area contributed by atoms with E-state index >= 15 is 0 Å². The number of non-ortho nitro benzene ring substituents is 1. The van der Waals surface area contributed by atoms with Gasteiger partial charge in [0.1, 0.15) is 0 Å². The minimum Gasteiger partial charge on any atom is -0.360 e. The molecule has 1 aromatic heterocycles. The first-order valence-electron chi connectivity index (χ1n) is 7.38. The molecule has 1 heterocycles. The largest absolute Gasteiger partial charge is 0.360 e. The fraction of sp³-hybridized carbons (Fsp3) is 0.0588. The van der Waals surface area contributed by atoms with Gasteiger partial charge >= 0.3 is 5.91 Å². The van der Waals surface area contributed by atoms with E-state index in [0.29, 0.717) is 16.6 Å². The Hall–Kier alpha value is -3.68. The van der Waals surface area contributed by atoms with Gasteiger partial charge in [0.25, 0.3) is 11.5 Å². The number of rotatable bonds is 5. The van der Waals surface area contributed by atoms with Gasteiger partial charge in [-0.1, -0.05) is 17.7 Å². The Balaban J connectivity index is 1.78. The SMILES string of the molecule is Cc1ccc(NNC(=O)C(=O)c2c[nH]c3ccc([N+](=O)[O-])cc23)cc1. The number of carbonyl (C=O) groups is 2. The van der Waals surface area contributed by atoms with Crippen LogP contribution in [0, 0.1) is 17.0 Å². The van der Waals surface area contributed by atoms with Crippen molar-refractivity contribution < 1.29 is 14.5 Å². The predicted molar refractivity (Wildman–Crippen MR) is 92.2 cm³/mol. The number of aromatic amines is 1. The summed E-state index contributed by atoms with van der Waals surface area (Å²) in [6, 6.07) is 11.3. The number of aromatic nitrogens is 1. The second-order valence-electron chi connectivity index (χ2n) is 5.46. The van der Waals surface area contributed by atoms with Crippen LogP contribution in [-0.2, 0) is 4.79 Å². The van der Waals surface area contributed by atoms with Crippen molar-refractivity contribution in [1.29, 1.82) is 0 Å². The van der Waals surface area contributed by atoms with Crippen molar-refractivity contribution in [3.05, 3.63) is 69.9 Å². The summed E-state index contributed by atoms with van der Waals surface area (Å²) in [7, 11) is 0. The topological polar surface area (TPSA) is 117 Å². The van der Waals surface area contributed by atoms with E-state index in [9.17, 15) is 19.7 Å². The molecular weight excluding hydrogens is 324 g/mol. The molecule has 0 saturated heterocycles. The molecule has 0 unspecified atom stereocenters. The molecule has 0 fully saturated rings. The molecule has 126 valence electrons. The maximum atomic E-state index is 12.3. The van der Waals surface area contributed by atoms with Crippen LogP contribution < -0.4 is 10.9 Å². The number of aryl methyl sites for hydroxylation is 1. The Morgan fingerprint density at radius 1 is 1.12 bits per heavy atom. The van der Waals surface area contributed by atoms with Crippen molar-refractivity contribution in [3.8, 4) is 0 Å². The standard InChI is InChI=1S/C17H14N4O4/c1-10-2-4-11(5-3-10)19-20-17(23)16(22)14-9-18-15-7-6-12(21(24)25)8-13(14)15/h2-9,18-19H,1H3,(H,20,23). The molecule has 8 nitrogen and oxygen atoms in total. The zero-order valence-corrected chi connectivity index (χ0v) is 13.2. The molecule has 3 aromatic rings. The van der Waals surface area contributed by atoms with Gasteiger partial charge in [-0.3, -0.25) is 30.6 Å². The number of nitro benzene ring substituents is 1. The van der Waals surface area contributed by atoms with Gasteiger partial charge in [-0.25, -0.2) is 0 Å². The zero-order chi connectivity index (χ0) is 18.0. The fourth-order valence-corrected chi connectivity index (χ4v) is 2.35. The van der Waals surface area contributed by atoms with Crippen molar-refractivity contribution in [2.24, 2.45) is 0 Å². The van der Waals surface area contributed by atoms with Crippen LogP contribution >= 0.6 is 0 Å². The Morgan fingerprint density at radius 2 is 1.84 bits per heavy atom. The summed E-state index contributed by atoms with van der Waals surface area (Å²) < 4.78 is 0. The van der Waals surface area contributed by atoms with Gasteiger partial charge in [0.2, 0.25) is 0 Å². The van der Waals surface area contributed by atoms with Crippen molar-refractivity contribution in [2.75, 3.05) is 5.43 Å². The van der Waals surface area contributed by atoms with E-state index in [0.717, 1.165) is 5.56 Å². The van der Waals surface area contributed by atoms with Crippen molar-refractivity contribution in [2.45, 2.75) is 6.92 Å². The molecule has 0 saturated carbocycles. The fourth-order valence-electron chi connectivity index (χ4n) is 2.35. The minimum atomic E-state index is -0.868. The van der Waals surface area contributed by atoms with Gasteiger partial charge in [-0.2, -0.15) is 0 Å².